The van der Waals surface area contributed by atoms with E-state index in [9.17, 15) is 4.79 Å². The summed E-state index contributed by atoms with van der Waals surface area (Å²) in [6.45, 7) is 11.5. The summed E-state index contributed by atoms with van der Waals surface area (Å²) >= 11 is 0. The predicted molar refractivity (Wildman–Crippen MR) is 120 cm³/mol. The molecule has 0 aromatic heterocycles. The first-order chi connectivity index (χ1) is 14.6. The lowest BCUT2D eigenvalue weighted by molar-refractivity contribution is -0.136. The maximum Gasteiger partial charge on any atom is 0.340 e. The van der Waals surface area contributed by atoms with Crippen LogP contribution in [0.5, 0.6) is 5.75 Å². The molecular weight excluding hydrogens is 376 g/mol. The number of rotatable bonds is 11. The number of nitrogens with zero attached hydrogens (tertiary/aromatic N) is 1. The number of benzene rings is 1. The van der Waals surface area contributed by atoms with Crippen molar-refractivity contribution in [1.29, 1.82) is 0 Å². The highest BCUT2D eigenvalue weighted by Crippen LogP contribution is 2.31. The van der Waals surface area contributed by atoms with Crippen LogP contribution in [0.15, 0.2) is 59.4 Å². The van der Waals surface area contributed by atoms with Crippen LogP contribution in [0.25, 0.3) is 0 Å². The molecule has 0 amide bonds. The van der Waals surface area contributed by atoms with Gasteiger partial charge in [-0.1, -0.05) is 43.7 Å². The van der Waals surface area contributed by atoms with Crippen LogP contribution in [0.3, 0.4) is 0 Å². The van der Waals surface area contributed by atoms with Crippen molar-refractivity contribution < 1.29 is 14.3 Å². The summed E-state index contributed by atoms with van der Waals surface area (Å²) in [4.78, 5) is 14.6. The quantitative estimate of drug-likeness (QED) is 0.443. The predicted octanol–water partition coefficient (Wildman–Crippen LogP) is 3.87. The number of nitrogens with one attached hydrogen (secondary N) is 1. The lowest BCUT2D eigenvalue weighted by atomic mass is 9.91. The minimum absolute atomic E-state index is 0.192. The molecule has 0 radical (unpaired) electrons. The van der Waals surface area contributed by atoms with Gasteiger partial charge in [0.25, 0.3) is 0 Å². The molecule has 1 aliphatic carbocycles. The number of allylic oxidation sites excluding steroid dienone is 4. The maximum absolute atomic E-state index is 12.2. The molecule has 0 bridgehead atoms. The molecule has 162 valence electrons. The van der Waals surface area contributed by atoms with Gasteiger partial charge in [-0.3, -0.25) is 0 Å². The average Bonchev–Trinajstić information content (AvgIpc) is 2.75. The summed E-state index contributed by atoms with van der Waals surface area (Å²) in [5.74, 6) is 1.65. The van der Waals surface area contributed by atoms with Crippen LogP contribution in [0, 0.1) is 5.92 Å². The number of likely N-dealkylation sites (N-methyl/N-ethyl adjacent to an activating group) is 1. The molecule has 5 heteroatoms. The molecule has 1 aliphatic heterocycles. The van der Waals surface area contributed by atoms with E-state index in [0.29, 0.717) is 13.2 Å². The van der Waals surface area contributed by atoms with Crippen molar-refractivity contribution >= 4 is 5.97 Å². The molecular formula is C25H34N2O3. The van der Waals surface area contributed by atoms with Gasteiger partial charge in [0, 0.05) is 24.6 Å². The molecule has 1 aromatic rings. The van der Waals surface area contributed by atoms with Crippen molar-refractivity contribution in [2.75, 3.05) is 39.3 Å². The van der Waals surface area contributed by atoms with Gasteiger partial charge in [-0.25, -0.2) is 4.79 Å². The third kappa shape index (κ3) is 6.31. The Labute approximate surface area is 180 Å². The number of hydrogen-bond acceptors (Lipinski definition) is 5. The topological polar surface area (TPSA) is 50.8 Å². The third-order valence-corrected chi connectivity index (χ3v) is 5.70. The molecule has 3 rings (SSSR count). The van der Waals surface area contributed by atoms with E-state index in [1.807, 2.05) is 25.1 Å². The third-order valence-electron chi connectivity index (χ3n) is 5.70. The van der Waals surface area contributed by atoms with Gasteiger partial charge in [0.05, 0.1) is 0 Å². The van der Waals surface area contributed by atoms with Gasteiger partial charge < -0.3 is 19.7 Å². The Bertz CT molecular complexity index is 804. The second kappa shape index (κ2) is 11.1. The highest BCUT2D eigenvalue weighted by atomic mass is 16.5. The fourth-order valence-corrected chi connectivity index (χ4v) is 3.73. The summed E-state index contributed by atoms with van der Waals surface area (Å²) in [5.41, 5.74) is 3.13. The second-order valence-corrected chi connectivity index (χ2v) is 7.86. The van der Waals surface area contributed by atoms with Gasteiger partial charge >= 0.3 is 5.97 Å². The van der Waals surface area contributed by atoms with Crippen LogP contribution in [0.1, 0.15) is 32.8 Å². The van der Waals surface area contributed by atoms with Crippen LogP contribution >= 0.6 is 0 Å². The molecule has 1 atom stereocenters. The molecule has 2 aliphatic rings. The zero-order chi connectivity index (χ0) is 21.3. The SMILES string of the molecule is CCN(CC)CCOc1ccc(CCNCC2=CC3CC=C(C)C=C3OC2=O)cc1. The standard InChI is InChI=1S/C25H34N2O3/c1-4-27(5-2)14-15-29-23-10-7-20(8-11-23)12-13-26-18-22-17-21-9-6-19(3)16-24(21)30-25(22)28/h6-8,10-11,16-17,21,26H,4-5,9,12-15,18H2,1-3H3. The Morgan fingerprint density at radius 3 is 2.70 bits per heavy atom. The summed E-state index contributed by atoms with van der Waals surface area (Å²) in [7, 11) is 0. The van der Waals surface area contributed by atoms with E-state index in [0.717, 1.165) is 61.7 Å². The summed E-state index contributed by atoms with van der Waals surface area (Å²) in [5, 5.41) is 3.37. The second-order valence-electron chi connectivity index (χ2n) is 7.86. The first-order valence-corrected chi connectivity index (χ1v) is 11.0. The molecule has 0 saturated heterocycles. The zero-order valence-electron chi connectivity index (χ0n) is 18.4. The van der Waals surface area contributed by atoms with Crippen molar-refractivity contribution in [3.8, 4) is 5.75 Å². The number of carbonyl (C=O) groups is 1. The van der Waals surface area contributed by atoms with Gasteiger partial charge in [0.15, 0.2) is 0 Å². The molecule has 1 N–H and O–H groups in total. The van der Waals surface area contributed by atoms with Crippen molar-refractivity contribution in [1.82, 2.24) is 10.2 Å². The van der Waals surface area contributed by atoms with Crippen LogP contribution < -0.4 is 10.1 Å². The highest BCUT2D eigenvalue weighted by Gasteiger charge is 2.27. The number of esters is 1. The van der Waals surface area contributed by atoms with Gasteiger partial charge in [-0.2, -0.15) is 0 Å². The monoisotopic (exact) mass is 410 g/mol. The van der Waals surface area contributed by atoms with E-state index in [1.54, 1.807) is 0 Å². The molecule has 30 heavy (non-hydrogen) atoms. The van der Waals surface area contributed by atoms with Crippen LogP contribution in [-0.4, -0.2) is 50.2 Å². The van der Waals surface area contributed by atoms with Crippen molar-refractivity contribution in [3.63, 3.8) is 0 Å². The number of hydrogen-bond donors (Lipinski definition) is 1. The number of ether oxygens (including phenoxy) is 2. The smallest absolute Gasteiger partial charge is 0.340 e. The van der Waals surface area contributed by atoms with Gasteiger partial charge in [-0.15, -0.1) is 0 Å². The van der Waals surface area contributed by atoms with Crippen LogP contribution in [0.2, 0.25) is 0 Å². The zero-order valence-corrected chi connectivity index (χ0v) is 18.4. The highest BCUT2D eigenvalue weighted by molar-refractivity contribution is 5.91. The van der Waals surface area contributed by atoms with E-state index in [1.165, 1.54) is 5.56 Å². The number of fused-ring (bicyclic) bond motifs is 1. The van der Waals surface area contributed by atoms with E-state index >= 15 is 0 Å². The maximum atomic E-state index is 12.2. The Morgan fingerprint density at radius 2 is 1.97 bits per heavy atom. The fraction of sp³-hybridized carbons (Fsp3) is 0.480. The van der Waals surface area contributed by atoms with Crippen molar-refractivity contribution in [2.24, 2.45) is 5.92 Å². The van der Waals surface area contributed by atoms with Gasteiger partial charge in [0.2, 0.25) is 0 Å². The molecule has 1 aromatic carbocycles. The minimum Gasteiger partial charge on any atom is -0.492 e. The van der Waals surface area contributed by atoms with Crippen molar-refractivity contribution in [3.05, 3.63) is 65.0 Å². The Hall–Kier alpha value is -2.37. The molecule has 1 heterocycles. The van der Waals surface area contributed by atoms with E-state index < -0.39 is 0 Å². The van der Waals surface area contributed by atoms with E-state index in [4.69, 9.17) is 9.47 Å². The molecule has 5 nitrogen and oxygen atoms in total. The Balaban J connectivity index is 1.38. The van der Waals surface area contributed by atoms with Gasteiger partial charge in [0.1, 0.15) is 18.1 Å². The fourth-order valence-electron chi connectivity index (χ4n) is 3.73. The van der Waals surface area contributed by atoms with Crippen LogP contribution in [-0.2, 0) is 16.0 Å². The molecule has 0 fully saturated rings. The van der Waals surface area contributed by atoms with Crippen LogP contribution in [0.4, 0.5) is 0 Å². The van der Waals surface area contributed by atoms with Gasteiger partial charge in [-0.05, 0) is 63.2 Å². The minimum atomic E-state index is -0.231. The lowest BCUT2D eigenvalue weighted by Crippen LogP contribution is -2.29. The summed E-state index contributed by atoms with van der Waals surface area (Å²) in [6.07, 6.45) is 8.00. The molecule has 1 unspecified atom stereocenters. The van der Waals surface area contributed by atoms with E-state index in [2.05, 4.69) is 48.3 Å². The molecule has 0 spiro atoms. The van der Waals surface area contributed by atoms with Crippen molar-refractivity contribution in [2.45, 2.75) is 33.6 Å². The first-order valence-electron chi connectivity index (χ1n) is 11.0. The summed E-state index contributed by atoms with van der Waals surface area (Å²) in [6, 6.07) is 8.28. The summed E-state index contributed by atoms with van der Waals surface area (Å²) < 4.78 is 11.4. The molecule has 0 saturated carbocycles. The number of carbonyl (C=O) groups excluding carboxylic acids is 1. The largest absolute Gasteiger partial charge is 0.492 e. The normalized spacial score (nSPS) is 18.3. The first kappa shape index (κ1) is 22.3. The Morgan fingerprint density at radius 1 is 1.20 bits per heavy atom. The van der Waals surface area contributed by atoms with E-state index in [-0.39, 0.29) is 11.9 Å². The lowest BCUT2D eigenvalue weighted by Gasteiger charge is -2.25. The average molecular weight is 411 g/mol. The Kier molecular flexibility index (Phi) is 8.29.